The largest absolute Gasteiger partial charge is 0.366 e. The van der Waals surface area contributed by atoms with Gasteiger partial charge in [0, 0.05) is 20.5 Å². The zero-order chi connectivity index (χ0) is 14.9. The summed E-state index contributed by atoms with van der Waals surface area (Å²) in [6, 6.07) is 6.06. The van der Waals surface area contributed by atoms with E-state index in [1.54, 1.807) is 12.1 Å². The van der Waals surface area contributed by atoms with Crippen molar-refractivity contribution in [1.82, 2.24) is 0 Å². The van der Waals surface area contributed by atoms with Gasteiger partial charge in [0.05, 0.1) is 6.42 Å². The molecule has 1 aromatic rings. The van der Waals surface area contributed by atoms with Crippen LogP contribution in [-0.2, 0) is 10.3 Å². The van der Waals surface area contributed by atoms with Gasteiger partial charge in [-0.15, -0.1) is 0 Å². The highest BCUT2D eigenvalue weighted by Crippen LogP contribution is 2.42. The van der Waals surface area contributed by atoms with Gasteiger partial charge in [0.25, 0.3) is 0 Å². The Morgan fingerprint density at radius 2 is 1.95 bits per heavy atom. The molecule has 0 saturated heterocycles. The molecular formula is C13H10BrFN2O3. The van der Waals surface area contributed by atoms with Crippen LogP contribution in [0.2, 0.25) is 0 Å². The van der Waals surface area contributed by atoms with Gasteiger partial charge in [-0.05, 0) is 18.2 Å². The lowest BCUT2D eigenvalue weighted by Crippen LogP contribution is -2.39. The molecule has 1 aliphatic carbocycles. The average Bonchev–Trinajstić information content (AvgIpc) is 2.40. The molecule has 0 aliphatic heterocycles. The van der Waals surface area contributed by atoms with Crippen LogP contribution in [0.1, 0.15) is 12.0 Å². The van der Waals surface area contributed by atoms with E-state index in [4.69, 9.17) is 5.73 Å². The monoisotopic (exact) mass is 340 g/mol. The fraction of sp³-hybridized carbons (Fsp3) is 0.154. The summed E-state index contributed by atoms with van der Waals surface area (Å²) in [6.07, 6.45) is 1.70. The van der Waals surface area contributed by atoms with E-state index in [1.807, 2.05) is 0 Å². The third-order valence-electron chi connectivity index (χ3n) is 3.22. The molecule has 1 aliphatic rings. The van der Waals surface area contributed by atoms with Crippen LogP contribution in [-0.4, -0.2) is 10.8 Å². The van der Waals surface area contributed by atoms with E-state index in [0.29, 0.717) is 4.47 Å². The quantitative estimate of drug-likeness (QED) is 0.677. The molecule has 5 nitrogen and oxygen atoms in total. The van der Waals surface area contributed by atoms with E-state index in [0.717, 1.165) is 6.08 Å². The van der Waals surface area contributed by atoms with Crippen molar-refractivity contribution in [3.05, 3.63) is 68.0 Å². The van der Waals surface area contributed by atoms with E-state index in [9.17, 15) is 19.3 Å². The smallest absolute Gasteiger partial charge is 0.301 e. The SMILES string of the molecule is NC(=O)C1=CC=C(F)C(c2ccc(Br)cc2)([N+](=O)[O-])C1. The lowest BCUT2D eigenvalue weighted by molar-refractivity contribution is -0.570. The van der Waals surface area contributed by atoms with Crippen LogP contribution in [0.3, 0.4) is 0 Å². The van der Waals surface area contributed by atoms with E-state index < -0.39 is 28.6 Å². The molecule has 0 radical (unpaired) electrons. The van der Waals surface area contributed by atoms with Crippen LogP contribution >= 0.6 is 15.9 Å². The number of nitro groups is 1. The molecule has 2 N–H and O–H groups in total. The van der Waals surface area contributed by atoms with Crippen LogP contribution in [0.15, 0.2) is 52.3 Å². The van der Waals surface area contributed by atoms with Gasteiger partial charge in [-0.1, -0.05) is 34.1 Å². The van der Waals surface area contributed by atoms with Crippen molar-refractivity contribution < 1.29 is 14.1 Å². The van der Waals surface area contributed by atoms with E-state index in [2.05, 4.69) is 15.9 Å². The molecule has 0 saturated carbocycles. The summed E-state index contributed by atoms with van der Waals surface area (Å²) in [6.45, 7) is 0. The molecular weight excluding hydrogens is 331 g/mol. The molecule has 0 spiro atoms. The van der Waals surface area contributed by atoms with Crippen LogP contribution in [0.5, 0.6) is 0 Å². The van der Waals surface area contributed by atoms with E-state index in [1.165, 1.54) is 18.2 Å². The average molecular weight is 341 g/mol. The summed E-state index contributed by atoms with van der Waals surface area (Å²) in [5.41, 5.74) is 3.23. The highest BCUT2D eigenvalue weighted by molar-refractivity contribution is 9.10. The van der Waals surface area contributed by atoms with Gasteiger partial charge >= 0.3 is 5.54 Å². The number of primary amides is 1. The second-order valence-corrected chi connectivity index (χ2v) is 5.29. The Morgan fingerprint density at radius 1 is 1.35 bits per heavy atom. The Labute approximate surface area is 122 Å². The number of nitrogens with two attached hydrogens (primary N) is 1. The fourth-order valence-corrected chi connectivity index (χ4v) is 2.39. The summed E-state index contributed by atoms with van der Waals surface area (Å²) >= 11 is 3.21. The number of benzene rings is 1. The standard InChI is InChI=1S/C13H10BrFN2O3/c14-10-4-2-9(3-5-10)13(17(19)20)7-8(12(16)18)1-6-11(13)15/h1-6H,7H2,(H2,16,18). The molecule has 2 rings (SSSR count). The van der Waals surface area contributed by atoms with Gasteiger partial charge in [0.15, 0.2) is 5.83 Å². The number of amides is 1. The summed E-state index contributed by atoms with van der Waals surface area (Å²) < 4.78 is 14.9. The molecule has 0 aromatic heterocycles. The van der Waals surface area contributed by atoms with Crippen LogP contribution < -0.4 is 5.73 Å². The minimum atomic E-state index is -2.10. The third kappa shape index (κ3) is 2.24. The number of rotatable bonds is 3. The lowest BCUT2D eigenvalue weighted by atomic mass is 9.80. The molecule has 0 heterocycles. The molecule has 20 heavy (non-hydrogen) atoms. The Balaban J connectivity index is 2.60. The van der Waals surface area contributed by atoms with Crippen LogP contribution in [0.4, 0.5) is 4.39 Å². The molecule has 1 amide bonds. The zero-order valence-corrected chi connectivity index (χ0v) is 11.8. The predicted octanol–water partition coefficient (Wildman–Crippen LogP) is 2.59. The second kappa shape index (κ2) is 5.16. The fourth-order valence-electron chi connectivity index (χ4n) is 2.12. The lowest BCUT2D eigenvalue weighted by Gasteiger charge is -2.27. The van der Waals surface area contributed by atoms with Crippen molar-refractivity contribution in [2.45, 2.75) is 12.0 Å². The summed E-state index contributed by atoms with van der Waals surface area (Å²) in [5, 5.41) is 11.5. The van der Waals surface area contributed by atoms with Gasteiger partial charge in [0.2, 0.25) is 5.91 Å². The van der Waals surface area contributed by atoms with Gasteiger partial charge in [-0.25, -0.2) is 4.39 Å². The second-order valence-electron chi connectivity index (χ2n) is 4.37. The maximum absolute atomic E-state index is 14.2. The van der Waals surface area contributed by atoms with Gasteiger partial charge in [0.1, 0.15) is 0 Å². The Hall–Kier alpha value is -2.02. The molecule has 1 atom stereocenters. The van der Waals surface area contributed by atoms with Gasteiger partial charge in [-0.3, -0.25) is 14.9 Å². The number of hydrogen-bond donors (Lipinski definition) is 1. The minimum Gasteiger partial charge on any atom is -0.366 e. The van der Waals surface area contributed by atoms with Crippen molar-refractivity contribution in [1.29, 1.82) is 0 Å². The number of carbonyl (C=O) groups excluding carboxylic acids is 1. The molecule has 1 aromatic carbocycles. The number of hydrogen-bond acceptors (Lipinski definition) is 3. The molecule has 0 bridgehead atoms. The highest BCUT2D eigenvalue weighted by Gasteiger charge is 2.52. The van der Waals surface area contributed by atoms with Crippen molar-refractivity contribution in [3.63, 3.8) is 0 Å². The van der Waals surface area contributed by atoms with Crippen molar-refractivity contribution in [2.24, 2.45) is 5.73 Å². The first kappa shape index (κ1) is 14.4. The van der Waals surface area contributed by atoms with Crippen molar-refractivity contribution >= 4 is 21.8 Å². The number of halogens is 2. The van der Waals surface area contributed by atoms with Crippen molar-refractivity contribution in [3.8, 4) is 0 Å². The predicted molar refractivity (Wildman–Crippen MR) is 73.9 cm³/mol. The van der Waals surface area contributed by atoms with Crippen molar-refractivity contribution in [2.75, 3.05) is 0 Å². The summed E-state index contributed by atoms with van der Waals surface area (Å²) in [5.74, 6) is -1.72. The maximum atomic E-state index is 14.2. The first-order valence-corrected chi connectivity index (χ1v) is 6.44. The first-order chi connectivity index (χ1) is 9.37. The molecule has 1 unspecified atom stereocenters. The summed E-state index contributed by atoms with van der Waals surface area (Å²) in [7, 11) is 0. The third-order valence-corrected chi connectivity index (χ3v) is 3.75. The highest BCUT2D eigenvalue weighted by atomic mass is 79.9. The van der Waals surface area contributed by atoms with Gasteiger partial charge < -0.3 is 5.73 Å². The number of nitrogens with zero attached hydrogens (tertiary/aromatic N) is 1. The molecule has 0 fully saturated rings. The van der Waals surface area contributed by atoms with Gasteiger partial charge in [-0.2, -0.15) is 0 Å². The number of carbonyl (C=O) groups is 1. The number of allylic oxidation sites excluding steroid dienone is 2. The molecule has 7 heteroatoms. The Morgan fingerprint density at radius 3 is 2.45 bits per heavy atom. The van der Waals surface area contributed by atoms with Crippen LogP contribution in [0, 0.1) is 10.1 Å². The van der Waals surface area contributed by atoms with E-state index in [-0.39, 0.29) is 11.1 Å². The Kier molecular flexibility index (Phi) is 3.71. The zero-order valence-electron chi connectivity index (χ0n) is 10.2. The normalized spacial score (nSPS) is 21.9. The Bertz CT molecular complexity index is 640. The topological polar surface area (TPSA) is 86.2 Å². The summed E-state index contributed by atoms with van der Waals surface area (Å²) in [4.78, 5) is 22.0. The van der Waals surface area contributed by atoms with Crippen LogP contribution in [0.25, 0.3) is 0 Å². The first-order valence-electron chi connectivity index (χ1n) is 5.65. The minimum absolute atomic E-state index is 0.0195. The maximum Gasteiger partial charge on any atom is 0.301 e. The van der Waals surface area contributed by atoms with E-state index >= 15 is 0 Å². The molecule has 104 valence electrons.